The van der Waals surface area contributed by atoms with Crippen molar-refractivity contribution in [2.75, 3.05) is 25.1 Å². The first kappa shape index (κ1) is 9.49. The van der Waals surface area contributed by atoms with Gasteiger partial charge < -0.3 is 5.32 Å². The number of rotatable bonds is 3. The van der Waals surface area contributed by atoms with Gasteiger partial charge in [-0.25, -0.2) is 0 Å². The molecule has 3 heteroatoms. The van der Waals surface area contributed by atoms with Crippen molar-refractivity contribution in [2.24, 2.45) is 0 Å². The summed E-state index contributed by atoms with van der Waals surface area (Å²) >= 11 is 0. The summed E-state index contributed by atoms with van der Waals surface area (Å²) < 4.78 is 0. The lowest BCUT2D eigenvalue weighted by atomic mass is 10.2. The Morgan fingerprint density at radius 2 is 2.29 bits per heavy atom. The smallest absolute Gasteiger partial charge is 0.0920 e. The first-order chi connectivity index (χ1) is 6.86. The van der Waals surface area contributed by atoms with Gasteiger partial charge in [-0.05, 0) is 25.0 Å². The van der Waals surface area contributed by atoms with Gasteiger partial charge in [0.2, 0.25) is 0 Å². The van der Waals surface area contributed by atoms with Gasteiger partial charge in [-0.1, -0.05) is 18.2 Å². The van der Waals surface area contributed by atoms with Crippen LogP contribution in [0.3, 0.4) is 0 Å². The number of hydroxylamine groups is 2. The molecule has 1 aromatic carbocycles. The average molecular weight is 192 g/mol. The number of nitrogens with zero attached hydrogens (tertiary/aromatic N) is 1. The zero-order valence-corrected chi connectivity index (χ0v) is 8.49. The standard InChI is InChI=1S/C11H16N2O/c1-10-5-2-3-6-11(10)12-9-13-7-4-8-14-13/h2-3,5-6,12H,4,7-9H2,1H3. The molecule has 1 aromatic rings. The van der Waals surface area contributed by atoms with E-state index < -0.39 is 0 Å². The summed E-state index contributed by atoms with van der Waals surface area (Å²) in [4.78, 5) is 5.39. The number of nitrogens with one attached hydrogen (secondary N) is 1. The molecule has 0 aliphatic carbocycles. The van der Waals surface area contributed by atoms with Gasteiger partial charge in [-0.3, -0.25) is 4.84 Å². The second-order valence-electron chi connectivity index (χ2n) is 3.54. The zero-order valence-electron chi connectivity index (χ0n) is 8.49. The third-order valence-corrected chi connectivity index (χ3v) is 2.42. The number of hydrogen-bond donors (Lipinski definition) is 1. The van der Waals surface area contributed by atoms with Crippen molar-refractivity contribution < 1.29 is 4.84 Å². The molecule has 1 aliphatic rings. The van der Waals surface area contributed by atoms with E-state index in [9.17, 15) is 0 Å². The Morgan fingerprint density at radius 1 is 1.43 bits per heavy atom. The molecule has 76 valence electrons. The first-order valence-electron chi connectivity index (χ1n) is 5.03. The van der Waals surface area contributed by atoms with E-state index in [2.05, 4.69) is 24.4 Å². The van der Waals surface area contributed by atoms with Crippen LogP contribution >= 0.6 is 0 Å². The summed E-state index contributed by atoms with van der Waals surface area (Å²) in [6.45, 7) is 4.76. The molecule has 1 heterocycles. The highest BCUT2D eigenvalue weighted by Crippen LogP contribution is 2.13. The van der Waals surface area contributed by atoms with Crippen molar-refractivity contribution in [1.29, 1.82) is 0 Å². The number of benzene rings is 1. The monoisotopic (exact) mass is 192 g/mol. The van der Waals surface area contributed by atoms with E-state index in [-0.39, 0.29) is 0 Å². The lowest BCUT2D eigenvalue weighted by molar-refractivity contribution is -0.103. The van der Waals surface area contributed by atoms with Crippen molar-refractivity contribution in [3.8, 4) is 0 Å². The van der Waals surface area contributed by atoms with Gasteiger partial charge in [0.1, 0.15) is 0 Å². The van der Waals surface area contributed by atoms with Gasteiger partial charge in [0.15, 0.2) is 0 Å². The van der Waals surface area contributed by atoms with Crippen molar-refractivity contribution in [3.63, 3.8) is 0 Å². The highest BCUT2D eigenvalue weighted by atomic mass is 16.7. The molecule has 0 aromatic heterocycles. The molecule has 1 fully saturated rings. The van der Waals surface area contributed by atoms with E-state index in [1.807, 2.05) is 17.2 Å². The largest absolute Gasteiger partial charge is 0.370 e. The molecule has 3 nitrogen and oxygen atoms in total. The number of anilines is 1. The van der Waals surface area contributed by atoms with E-state index in [0.717, 1.165) is 26.2 Å². The summed E-state index contributed by atoms with van der Waals surface area (Å²) in [5, 5.41) is 5.32. The normalized spacial score (nSPS) is 17.2. The van der Waals surface area contributed by atoms with Gasteiger partial charge in [-0.2, -0.15) is 5.06 Å². The summed E-state index contributed by atoms with van der Waals surface area (Å²) in [6.07, 6.45) is 1.13. The predicted molar refractivity (Wildman–Crippen MR) is 56.9 cm³/mol. The fourth-order valence-electron chi connectivity index (χ4n) is 1.57. The summed E-state index contributed by atoms with van der Waals surface area (Å²) in [7, 11) is 0. The molecule has 0 amide bonds. The Morgan fingerprint density at radius 3 is 3.00 bits per heavy atom. The maximum absolute atomic E-state index is 5.39. The molecule has 1 N–H and O–H groups in total. The fourth-order valence-corrected chi connectivity index (χ4v) is 1.57. The minimum Gasteiger partial charge on any atom is -0.370 e. The topological polar surface area (TPSA) is 24.5 Å². The van der Waals surface area contributed by atoms with Crippen LogP contribution in [-0.4, -0.2) is 24.9 Å². The summed E-state index contributed by atoms with van der Waals surface area (Å²) in [5.74, 6) is 0. The highest BCUT2D eigenvalue weighted by Gasteiger charge is 2.11. The molecule has 0 bridgehead atoms. The summed E-state index contributed by atoms with van der Waals surface area (Å²) in [6, 6.07) is 8.28. The molecule has 0 unspecified atom stereocenters. The van der Waals surface area contributed by atoms with Gasteiger partial charge in [-0.15, -0.1) is 0 Å². The maximum atomic E-state index is 5.39. The second kappa shape index (κ2) is 4.44. The molecule has 1 aliphatic heterocycles. The third-order valence-electron chi connectivity index (χ3n) is 2.42. The number of para-hydroxylation sites is 1. The molecule has 0 atom stereocenters. The lowest BCUT2D eigenvalue weighted by Crippen LogP contribution is -2.25. The first-order valence-corrected chi connectivity index (χ1v) is 5.03. The van der Waals surface area contributed by atoms with Crippen LogP contribution in [0.5, 0.6) is 0 Å². The molecule has 0 radical (unpaired) electrons. The van der Waals surface area contributed by atoms with Crippen LogP contribution < -0.4 is 5.32 Å². The molecule has 14 heavy (non-hydrogen) atoms. The predicted octanol–water partition coefficient (Wildman–Crippen LogP) is 2.00. The van der Waals surface area contributed by atoms with E-state index in [4.69, 9.17) is 4.84 Å². The van der Waals surface area contributed by atoms with Crippen LogP contribution in [0.25, 0.3) is 0 Å². The SMILES string of the molecule is Cc1ccccc1NCN1CCCO1. The van der Waals surface area contributed by atoms with Crippen molar-refractivity contribution in [3.05, 3.63) is 29.8 Å². The van der Waals surface area contributed by atoms with Crippen molar-refractivity contribution >= 4 is 5.69 Å². The third kappa shape index (κ3) is 2.25. The van der Waals surface area contributed by atoms with E-state index in [0.29, 0.717) is 0 Å². The Labute approximate surface area is 84.6 Å². The van der Waals surface area contributed by atoms with Crippen molar-refractivity contribution in [2.45, 2.75) is 13.3 Å². The summed E-state index contributed by atoms with van der Waals surface area (Å²) in [5.41, 5.74) is 2.45. The Balaban J connectivity index is 1.88. The van der Waals surface area contributed by atoms with Crippen LogP contribution in [0.2, 0.25) is 0 Å². The van der Waals surface area contributed by atoms with Gasteiger partial charge in [0, 0.05) is 12.2 Å². The average Bonchev–Trinajstić information content (AvgIpc) is 2.69. The molecular weight excluding hydrogens is 176 g/mol. The Kier molecular flexibility index (Phi) is 3.01. The number of aryl methyl sites for hydroxylation is 1. The van der Waals surface area contributed by atoms with Gasteiger partial charge in [0.25, 0.3) is 0 Å². The minimum atomic E-state index is 0.769. The van der Waals surface area contributed by atoms with Crippen LogP contribution in [0.1, 0.15) is 12.0 Å². The van der Waals surface area contributed by atoms with Crippen LogP contribution in [0.4, 0.5) is 5.69 Å². The molecule has 0 spiro atoms. The quantitative estimate of drug-likeness (QED) is 0.792. The Hall–Kier alpha value is -1.06. The molecule has 1 saturated heterocycles. The molecular formula is C11H16N2O. The second-order valence-corrected chi connectivity index (χ2v) is 3.54. The molecule has 0 saturated carbocycles. The van der Waals surface area contributed by atoms with E-state index in [1.165, 1.54) is 11.3 Å². The van der Waals surface area contributed by atoms with Crippen LogP contribution in [-0.2, 0) is 4.84 Å². The van der Waals surface area contributed by atoms with Crippen LogP contribution in [0.15, 0.2) is 24.3 Å². The van der Waals surface area contributed by atoms with Crippen molar-refractivity contribution in [1.82, 2.24) is 5.06 Å². The minimum absolute atomic E-state index is 0.769. The fraction of sp³-hybridized carbons (Fsp3) is 0.455. The van der Waals surface area contributed by atoms with Gasteiger partial charge in [0.05, 0.1) is 13.3 Å². The van der Waals surface area contributed by atoms with Crippen LogP contribution in [0, 0.1) is 6.92 Å². The maximum Gasteiger partial charge on any atom is 0.0920 e. The van der Waals surface area contributed by atoms with E-state index >= 15 is 0 Å². The Bertz CT molecular complexity index is 295. The highest BCUT2D eigenvalue weighted by molar-refractivity contribution is 5.49. The number of hydrogen-bond acceptors (Lipinski definition) is 3. The van der Waals surface area contributed by atoms with E-state index in [1.54, 1.807) is 0 Å². The van der Waals surface area contributed by atoms with Gasteiger partial charge >= 0.3 is 0 Å². The lowest BCUT2D eigenvalue weighted by Gasteiger charge is -2.16. The zero-order chi connectivity index (χ0) is 9.80. The molecule has 2 rings (SSSR count).